The smallest absolute Gasteiger partial charge is 0.0364 e. The molecule has 3 heteroatoms. The molecule has 1 aromatic carbocycles. The lowest BCUT2D eigenvalue weighted by molar-refractivity contribution is 0.236. The average molecular weight is 247 g/mol. The van der Waals surface area contributed by atoms with Crippen molar-refractivity contribution in [2.75, 3.05) is 38.1 Å². The number of anilines is 1. The molecule has 1 atom stereocenters. The predicted octanol–water partition coefficient (Wildman–Crippen LogP) is 1.94. The summed E-state index contributed by atoms with van der Waals surface area (Å²) in [6.45, 7) is 4.34. The van der Waals surface area contributed by atoms with Gasteiger partial charge < -0.3 is 10.6 Å². The first kappa shape index (κ1) is 13.4. The number of nitrogens with two attached hydrogens (primary N) is 1. The Labute approximate surface area is 111 Å². The van der Waals surface area contributed by atoms with Crippen molar-refractivity contribution in [1.29, 1.82) is 0 Å². The summed E-state index contributed by atoms with van der Waals surface area (Å²) < 4.78 is 0. The molecule has 0 amide bonds. The molecule has 1 unspecified atom stereocenters. The summed E-state index contributed by atoms with van der Waals surface area (Å²) >= 11 is 0. The van der Waals surface area contributed by atoms with Crippen molar-refractivity contribution in [2.45, 2.75) is 25.3 Å². The lowest BCUT2D eigenvalue weighted by atomic mass is 10.1. The second kappa shape index (κ2) is 6.76. The number of likely N-dealkylation sites (N-methyl/N-ethyl adjacent to an activating group) is 1. The number of hydrogen-bond donors (Lipinski definition) is 1. The van der Waals surface area contributed by atoms with Gasteiger partial charge in [-0.05, 0) is 51.0 Å². The molecule has 2 N–H and O–H groups in total. The number of benzene rings is 1. The standard InChI is InChI=1S/C15H25N3/c1-17(14-7-3-2-4-8-14)13-15(9-10-16)18-11-5-6-12-18/h2-4,7-8,15H,5-6,9-13,16H2,1H3. The van der Waals surface area contributed by atoms with E-state index in [1.807, 2.05) is 0 Å². The maximum Gasteiger partial charge on any atom is 0.0364 e. The summed E-state index contributed by atoms with van der Waals surface area (Å²) in [5.74, 6) is 0. The Kier molecular flexibility index (Phi) is 5.02. The number of likely N-dealkylation sites (tertiary alicyclic amines) is 1. The Balaban J connectivity index is 1.95. The molecule has 0 radical (unpaired) electrons. The molecule has 100 valence electrons. The number of rotatable bonds is 6. The van der Waals surface area contributed by atoms with Gasteiger partial charge in [0, 0.05) is 25.3 Å². The van der Waals surface area contributed by atoms with E-state index in [9.17, 15) is 0 Å². The second-order valence-corrected chi connectivity index (χ2v) is 5.19. The minimum Gasteiger partial charge on any atom is -0.373 e. The molecule has 0 saturated carbocycles. The van der Waals surface area contributed by atoms with E-state index in [0.717, 1.165) is 19.5 Å². The summed E-state index contributed by atoms with van der Waals surface area (Å²) in [6, 6.07) is 11.2. The molecule has 0 aliphatic carbocycles. The van der Waals surface area contributed by atoms with Crippen molar-refractivity contribution < 1.29 is 0 Å². The zero-order valence-corrected chi connectivity index (χ0v) is 11.4. The third kappa shape index (κ3) is 3.47. The Morgan fingerprint density at radius 2 is 1.89 bits per heavy atom. The number of hydrogen-bond acceptors (Lipinski definition) is 3. The molecule has 0 spiro atoms. The lowest BCUT2D eigenvalue weighted by Gasteiger charge is -2.32. The van der Waals surface area contributed by atoms with Crippen LogP contribution in [0.4, 0.5) is 5.69 Å². The van der Waals surface area contributed by atoms with Crippen LogP contribution >= 0.6 is 0 Å². The van der Waals surface area contributed by atoms with Crippen LogP contribution in [0.15, 0.2) is 30.3 Å². The minimum absolute atomic E-state index is 0.600. The van der Waals surface area contributed by atoms with E-state index in [1.54, 1.807) is 0 Å². The van der Waals surface area contributed by atoms with E-state index in [4.69, 9.17) is 5.73 Å². The first-order chi connectivity index (χ1) is 8.81. The van der Waals surface area contributed by atoms with E-state index < -0.39 is 0 Å². The molecule has 1 heterocycles. The van der Waals surface area contributed by atoms with E-state index in [-0.39, 0.29) is 0 Å². The largest absolute Gasteiger partial charge is 0.373 e. The first-order valence-corrected chi connectivity index (χ1v) is 7.01. The van der Waals surface area contributed by atoms with Crippen LogP contribution in [0.2, 0.25) is 0 Å². The van der Waals surface area contributed by atoms with Gasteiger partial charge in [0.1, 0.15) is 0 Å². The maximum absolute atomic E-state index is 5.77. The van der Waals surface area contributed by atoms with Crippen molar-refractivity contribution in [2.24, 2.45) is 5.73 Å². The molecule has 0 aromatic heterocycles. The zero-order valence-electron chi connectivity index (χ0n) is 11.4. The SMILES string of the molecule is CN(CC(CCN)N1CCCC1)c1ccccc1. The molecule has 1 aliphatic rings. The van der Waals surface area contributed by atoms with Gasteiger partial charge >= 0.3 is 0 Å². The van der Waals surface area contributed by atoms with Crippen LogP contribution < -0.4 is 10.6 Å². The first-order valence-electron chi connectivity index (χ1n) is 7.01. The molecular weight excluding hydrogens is 222 g/mol. The summed E-state index contributed by atoms with van der Waals surface area (Å²) in [7, 11) is 2.18. The van der Waals surface area contributed by atoms with E-state index in [0.29, 0.717) is 6.04 Å². The van der Waals surface area contributed by atoms with E-state index >= 15 is 0 Å². The molecule has 18 heavy (non-hydrogen) atoms. The van der Waals surface area contributed by atoms with Crippen molar-refractivity contribution in [1.82, 2.24) is 4.90 Å². The summed E-state index contributed by atoms with van der Waals surface area (Å²) in [4.78, 5) is 4.95. The van der Waals surface area contributed by atoms with Crippen LogP contribution in [-0.4, -0.2) is 44.2 Å². The van der Waals surface area contributed by atoms with Crippen LogP contribution in [0.25, 0.3) is 0 Å². The topological polar surface area (TPSA) is 32.5 Å². The van der Waals surface area contributed by atoms with Gasteiger partial charge in [-0.25, -0.2) is 0 Å². The molecule has 3 nitrogen and oxygen atoms in total. The van der Waals surface area contributed by atoms with Gasteiger partial charge in [0.25, 0.3) is 0 Å². The highest BCUT2D eigenvalue weighted by Gasteiger charge is 2.22. The summed E-state index contributed by atoms with van der Waals surface area (Å²) in [5.41, 5.74) is 7.06. The lowest BCUT2D eigenvalue weighted by Crippen LogP contribution is -2.42. The zero-order chi connectivity index (χ0) is 12.8. The summed E-state index contributed by atoms with van der Waals surface area (Å²) in [5, 5.41) is 0. The second-order valence-electron chi connectivity index (χ2n) is 5.19. The molecular formula is C15H25N3. The number of para-hydroxylation sites is 1. The quantitative estimate of drug-likeness (QED) is 0.834. The predicted molar refractivity (Wildman–Crippen MR) is 78.0 cm³/mol. The van der Waals surface area contributed by atoms with Crippen LogP contribution in [0.3, 0.4) is 0 Å². The Morgan fingerprint density at radius 3 is 2.50 bits per heavy atom. The van der Waals surface area contributed by atoms with Crippen LogP contribution in [0.5, 0.6) is 0 Å². The third-order valence-electron chi connectivity index (χ3n) is 3.84. The number of nitrogens with zero attached hydrogens (tertiary/aromatic N) is 2. The Morgan fingerprint density at radius 1 is 1.22 bits per heavy atom. The Bertz CT molecular complexity index is 333. The van der Waals surface area contributed by atoms with Crippen LogP contribution in [0, 0.1) is 0 Å². The van der Waals surface area contributed by atoms with Crippen molar-refractivity contribution >= 4 is 5.69 Å². The summed E-state index contributed by atoms with van der Waals surface area (Å²) in [6.07, 6.45) is 3.78. The van der Waals surface area contributed by atoms with E-state index in [2.05, 4.69) is 47.2 Å². The van der Waals surface area contributed by atoms with Gasteiger partial charge in [-0.15, -0.1) is 0 Å². The van der Waals surface area contributed by atoms with E-state index in [1.165, 1.54) is 31.6 Å². The van der Waals surface area contributed by atoms with Crippen molar-refractivity contribution in [3.63, 3.8) is 0 Å². The van der Waals surface area contributed by atoms with Gasteiger partial charge in [0.15, 0.2) is 0 Å². The molecule has 0 bridgehead atoms. The highest BCUT2D eigenvalue weighted by molar-refractivity contribution is 5.45. The highest BCUT2D eigenvalue weighted by Crippen LogP contribution is 2.18. The molecule has 1 saturated heterocycles. The van der Waals surface area contributed by atoms with Crippen LogP contribution in [-0.2, 0) is 0 Å². The van der Waals surface area contributed by atoms with Gasteiger partial charge in [-0.2, -0.15) is 0 Å². The average Bonchev–Trinajstić information content (AvgIpc) is 2.93. The Hall–Kier alpha value is -1.06. The van der Waals surface area contributed by atoms with Gasteiger partial charge in [0.05, 0.1) is 0 Å². The van der Waals surface area contributed by atoms with Gasteiger partial charge in [-0.1, -0.05) is 18.2 Å². The van der Waals surface area contributed by atoms with Crippen molar-refractivity contribution in [3.05, 3.63) is 30.3 Å². The third-order valence-corrected chi connectivity index (χ3v) is 3.84. The molecule has 1 fully saturated rings. The fourth-order valence-electron chi connectivity index (χ4n) is 2.79. The monoisotopic (exact) mass is 247 g/mol. The fraction of sp³-hybridized carbons (Fsp3) is 0.600. The van der Waals surface area contributed by atoms with Gasteiger partial charge in [-0.3, -0.25) is 4.90 Å². The minimum atomic E-state index is 0.600. The fourth-order valence-corrected chi connectivity index (χ4v) is 2.79. The molecule has 1 aromatic rings. The maximum atomic E-state index is 5.77. The molecule has 2 rings (SSSR count). The normalized spacial score (nSPS) is 17.9. The van der Waals surface area contributed by atoms with Gasteiger partial charge in [0.2, 0.25) is 0 Å². The molecule has 1 aliphatic heterocycles. The van der Waals surface area contributed by atoms with Crippen molar-refractivity contribution in [3.8, 4) is 0 Å². The highest BCUT2D eigenvalue weighted by atomic mass is 15.2. The van der Waals surface area contributed by atoms with Crippen LogP contribution in [0.1, 0.15) is 19.3 Å².